The van der Waals surface area contributed by atoms with Gasteiger partial charge in [-0.25, -0.2) is 4.79 Å². The third-order valence-corrected chi connectivity index (χ3v) is 4.88. The smallest absolute Gasteiger partial charge is 0.321 e. The van der Waals surface area contributed by atoms with Gasteiger partial charge < -0.3 is 15.1 Å². The first-order valence-electron chi connectivity index (χ1n) is 8.88. The Morgan fingerprint density at radius 3 is 2.33 bits per heavy atom. The van der Waals surface area contributed by atoms with Crippen molar-refractivity contribution in [2.24, 2.45) is 5.92 Å². The molecule has 2 fully saturated rings. The van der Waals surface area contributed by atoms with Crippen molar-refractivity contribution in [3.63, 3.8) is 0 Å². The summed E-state index contributed by atoms with van der Waals surface area (Å²) in [6.07, 6.45) is 4.69. The lowest BCUT2D eigenvalue weighted by Crippen LogP contribution is -2.48. The molecule has 6 nitrogen and oxygen atoms in total. The minimum absolute atomic E-state index is 0.215. The van der Waals surface area contributed by atoms with Gasteiger partial charge in [-0.05, 0) is 43.7 Å². The van der Waals surface area contributed by atoms with Crippen LogP contribution in [-0.4, -0.2) is 44.2 Å². The molecule has 0 radical (unpaired) electrons. The molecular formula is C18H24N4O2. The molecule has 2 aliphatic carbocycles. The molecule has 0 saturated heterocycles. The van der Waals surface area contributed by atoms with Gasteiger partial charge in [-0.1, -0.05) is 12.1 Å². The second kappa shape index (κ2) is 6.34. The highest BCUT2D eigenvalue weighted by atomic mass is 16.2. The lowest BCUT2D eigenvalue weighted by Gasteiger charge is -2.38. The third-order valence-electron chi connectivity index (χ3n) is 4.88. The summed E-state index contributed by atoms with van der Waals surface area (Å²) in [6.45, 7) is 3.06. The lowest BCUT2D eigenvalue weighted by atomic mass is 10.1. The number of hydrogen-bond acceptors (Lipinski definition) is 4. The molecule has 0 unspecified atom stereocenters. The normalized spacial score (nSPS) is 19.7. The van der Waals surface area contributed by atoms with E-state index in [0.29, 0.717) is 0 Å². The van der Waals surface area contributed by atoms with Crippen LogP contribution in [0.1, 0.15) is 25.7 Å². The first-order valence-corrected chi connectivity index (χ1v) is 8.88. The number of carbonyl (C=O) groups is 2. The van der Waals surface area contributed by atoms with Crippen LogP contribution in [0.25, 0.3) is 0 Å². The van der Waals surface area contributed by atoms with E-state index < -0.39 is 0 Å². The van der Waals surface area contributed by atoms with Crippen molar-refractivity contribution in [2.45, 2.75) is 31.7 Å². The van der Waals surface area contributed by atoms with Crippen LogP contribution < -0.4 is 20.4 Å². The summed E-state index contributed by atoms with van der Waals surface area (Å²) in [4.78, 5) is 28.4. The molecule has 2 saturated carbocycles. The molecule has 128 valence electrons. The fourth-order valence-electron chi connectivity index (χ4n) is 3.24. The molecule has 1 aromatic carbocycles. The van der Waals surface area contributed by atoms with Crippen molar-refractivity contribution < 1.29 is 9.59 Å². The quantitative estimate of drug-likeness (QED) is 0.864. The van der Waals surface area contributed by atoms with Crippen LogP contribution in [0.15, 0.2) is 24.3 Å². The second-order valence-corrected chi connectivity index (χ2v) is 7.10. The topological polar surface area (TPSA) is 64.7 Å². The van der Waals surface area contributed by atoms with E-state index in [1.807, 2.05) is 12.1 Å². The Hall–Kier alpha value is -2.24. The SMILES string of the molecule is O=C(CN1CCN(CC2CC2)c2ccccc21)NC(=O)NC1CC1. The molecule has 0 bridgehead atoms. The van der Waals surface area contributed by atoms with E-state index in [1.165, 1.54) is 18.5 Å². The molecular weight excluding hydrogens is 304 g/mol. The summed E-state index contributed by atoms with van der Waals surface area (Å²) in [6, 6.07) is 8.12. The third kappa shape index (κ3) is 3.63. The van der Waals surface area contributed by atoms with Gasteiger partial charge in [0.2, 0.25) is 5.91 Å². The Labute approximate surface area is 142 Å². The Morgan fingerprint density at radius 1 is 1.00 bits per heavy atom. The van der Waals surface area contributed by atoms with E-state index in [-0.39, 0.29) is 24.5 Å². The predicted molar refractivity (Wildman–Crippen MR) is 93.3 cm³/mol. The van der Waals surface area contributed by atoms with Crippen LogP contribution in [0.5, 0.6) is 0 Å². The van der Waals surface area contributed by atoms with E-state index in [1.54, 1.807) is 0 Å². The van der Waals surface area contributed by atoms with E-state index >= 15 is 0 Å². The average molecular weight is 328 g/mol. The number of benzene rings is 1. The largest absolute Gasteiger partial charge is 0.368 e. The van der Waals surface area contributed by atoms with Gasteiger partial charge in [-0.15, -0.1) is 0 Å². The summed E-state index contributed by atoms with van der Waals surface area (Å²) >= 11 is 0. The van der Waals surface area contributed by atoms with Crippen molar-refractivity contribution in [1.82, 2.24) is 10.6 Å². The first kappa shape index (κ1) is 15.3. The number of rotatable bonds is 5. The number of urea groups is 1. The molecule has 24 heavy (non-hydrogen) atoms. The lowest BCUT2D eigenvalue weighted by molar-refractivity contribution is -0.118. The summed E-state index contributed by atoms with van der Waals surface area (Å²) in [7, 11) is 0. The van der Waals surface area contributed by atoms with Gasteiger partial charge in [0.05, 0.1) is 17.9 Å². The molecule has 0 atom stereocenters. The molecule has 3 amide bonds. The van der Waals surface area contributed by atoms with Gasteiger partial charge in [0.1, 0.15) is 0 Å². The fourth-order valence-corrected chi connectivity index (χ4v) is 3.24. The maximum atomic E-state index is 12.2. The van der Waals surface area contributed by atoms with Gasteiger partial charge >= 0.3 is 6.03 Å². The molecule has 2 N–H and O–H groups in total. The maximum Gasteiger partial charge on any atom is 0.321 e. The Morgan fingerprint density at radius 2 is 1.67 bits per heavy atom. The molecule has 4 rings (SSSR count). The zero-order chi connectivity index (χ0) is 16.5. The highest BCUT2D eigenvalue weighted by Crippen LogP contribution is 2.37. The number of fused-ring (bicyclic) bond motifs is 1. The van der Waals surface area contributed by atoms with Crippen LogP contribution >= 0.6 is 0 Å². The van der Waals surface area contributed by atoms with E-state index in [0.717, 1.165) is 44.1 Å². The van der Waals surface area contributed by atoms with Gasteiger partial charge in [0.15, 0.2) is 0 Å². The highest BCUT2D eigenvalue weighted by Gasteiger charge is 2.30. The van der Waals surface area contributed by atoms with Crippen LogP contribution in [0, 0.1) is 5.92 Å². The molecule has 3 aliphatic rings. The average Bonchev–Trinajstić information content (AvgIpc) is 3.46. The van der Waals surface area contributed by atoms with Crippen molar-refractivity contribution in [1.29, 1.82) is 0 Å². The number of hydrogen-bond donors (Lipinski definition) is 2. The van der Waals surface area contributed by atoms with Crippen molar-refractivity contribution in [3.05, 3.63) is 24.3 Å². The molecule has 1 aromatic rings. The van der Waals surface area contributed by atoms with E-state index in [9.17, 15) is 9.59 Å². The van der Waals surface area contributed by atoms with Crippen molar-refractivity contribution in [3.8, 4) is 0 Å². The summed E-state index contributed by atoms with van der Waals surface area (Å²) in [5.74, 6) is 0.581. The molecule has 1 aliphatic heterocycles. The molecule has 1 heterocycles. The van der Waals surface area contributed by atoms with Gasteiger partial charge in [0.25, 0.3) is 0 Å². The van der Waals surface area contributed by atoms with Crippen LogP contribution in [0.2, 0.25) is 0 Å². The number of anilines is 2. The van der Waals surface area contributed by atoms with Crippen LogP contribution in [0.3, 0.4) is 0 Å². The fraction of sp³-hybridized carbons (Fsp3) is 0.556. The van der Waals surface area contributed by atoms with Crippen molar-refractivity contribution >= 4 is 23.3 Å². The number of nitrogens with one attached hydrogen (secondary N) is 2. The molecule has 0 spiro atoms. The van der Waals surface area contributed by atoms with Crippen LogP contribution in [0.4, 0.5) is 16.2 Å². The Balaban J connectivity index is 1.39. The number of para-hydroxylation sites is 2. The zero-order valence-corrected chi connectivity index (χ0v) is 13.8. The second-order valence-electron chi connectivity index (χ2n) is 7.10. The molecule has 0 aromatic heterocycles. The predicted octanol–water partition coefficient (Wildman–Crippen LogP) is 1.71. The standard InChI is InChI=1S/C18H24N4O2/c23-17(20-18(24)19-14-7-8-14)12-22-10-9-21(11-13-5-6-13)15-3-1-2-4-16(15)22/h1-4,13-14H,5-12H2,(H2,19,20,23,24). The minimum atomic E-state index is -0.372. The minimum Gasteiger partial charge on any atom is -0.368 e. The Kier molecular flexibility index (Phi) is 4.04. The number of carbonyl (C=O) groups excluding carboxylic acids is 2. The highest BCUT2D eigenvalue weighted by molar-refractivity contribution is 5.97. The van der Waals surface area contributed by atoms with Gasteiger partial charge in [-0.2, -0.15) is 0 Å². The first-order chi connectivity index (χ1) is 11.7. The van der Waals surface area contributed by atoms with E-state index in [4.69, 9.17) is 0 Å². The van der Waals surface area contributed by atoms with Crippen molar-refractivity contribution in [2.75, 3.05) is 36.0 Å². The molecule has 6 heteroatoms. The van der Waals surface area contributed by atoms with E-state index in [2.05, 4.69) is 32.6 Å². The maximum absolute atomic E-state index is 12.2. The monoisotopic (exact) mass is 328 g/mol. The van der Waals surface area contributed by atoms with Gasteiger partial charge in [-0.3, -0.25) is 10.1 Å². The van der Waals surface area contributed by atoms with Gasteiger partial charge in [0, 0.05) is 25.7 Å². The Bertz CT molecular complexity index is 640. The summed E-state index contributed by atoms with van der Waals surface area (Å²) < 4.78 is 0. The summed E-state index contributed by atoms with van der Waals surface area (Å²) in [5.41, 5.74) is 2.29. The number of amides is 3. The van der Waals surface area contributed by atoms with Crippen LogP contribution in [-0.2, 0) is 4.79 Å². The number of nitrogens with zero attached hydrogens (tertiary/aromatic N) is 2. The number of imide groups is 1. The summed E-state index contributed by atoms with van der Waals surface area (Å²) in [5, 5.41) is 5.22. The zero-order valence-electron chi connectivity index (χ0n) is 13.8.